The minimum Gasteiger partial charge on any atom is -0.258 e. The highest BCUT2D eigenvalue weighted by Gasteiger charge is 2.13. The normalized spacial score (nSPS) is 12.2. The molecule has 4 heteroatoms. The molecule has 0 radical (unpaired) electrons. The number of alkyl halides is 1. The van der Waals surface area contributed by atoms with Gasteiger partial charge in [-0.15, -0.1) is 11.6 Å². The molecule has 0 aliphatic rings. The minimum atomic E-state index is -0.336. The van der Waals surface area contributed by atoms with Crippen molar-refractivity contribution >= 4 is 27.5 Å². The van der Waals surface area contributed by atoms with E-state index >= 15 is 0 Å². The first-order chi connectivity index (χ1) is 6.19. The Morgan fingerprint density at radius 1 is 1.77 bits per heavy atom. The smallest absolute Gasteiger partial charge is 0.103 e. The average Bonchev–Trinajstić information content (AvgIpc) is 2.10. The minimum absolute atomic E-state index is 0.269. The Morgan fingerprint density at radius 2 is 2.46 bits per heavy atom. The highest BCUT2D eigenvalue weighted by atomic mass is 79.9. The third-order valence-electron chi connectivity index (χ3n) is 1.65. The van der Waals surface area contributed by atoms with Crippen molar-refractivity contribution in [3.8, 4) is 6.07 Å². The second-order valence-corrected chi connectivity index (χ2v) is 3.88. The fraction of sp³-hybridized carbons (Fsp3) is 0.333. The van der Waals surface area contributed by atoms with Crippen LogP contribution in [0.25, 0.3) is 0 Å². The van der Waals surface area contributed by atoms with Gasteiger partial charge in [0, 0.05) is 16.5 Å². The van der Waals surface area contributed by atoms with E-state index in [2.05, 4.69) is 27.0 Å². The summed E-state index contributed by atoms with van der Waals surface area (Å²) in [6.45, 7) is 1.95. The molecule has 0 bridgehead atoms. The van der Waals surface area contributed by atoms with Crippen molar-refractivity contribution in [3.05, 3.63) is 28.0 Å². The summed E-state index contributed by atoms with van der Waals surface area (Å²) in [7, 11) is 0. The summed E-state index contributed by atoms with van der Waals surface area (Å²) in [5.41, 5.74) is 1.77. The third-order valence-corrected chi connectivity index (χ3v) is 2.59. The molecule has 0 N–H and O–H groups in total. The van der Waals surface area contributed by atoms with Crippen molar-refractivity contribution in [3.63, 3.8) is 0 Å². The van der Waals surface area contributed by atoms with Crippen molar-refractivity contribution < 1.29 is 0 Å². The van der Waals surface area contributed by atoms with Crippen LogP contribution in [-0.2, 0) is 0 Å². The lowest BCUT2D eigenvalue weighted by Crippen LogP contribution is -2.01. The molecule has 0 amide bonds. The summed E-state index contributed by atoms with van der Waals surface area (Å²) >= 11 is 8.99. The van der Waals surface area contributed by atoms with Crippen LogP contribution in [0.2, 0.25) is 0 Å². The highest BCUT2D eigenvalue weighted by Crippen LogP contribution is 2.24. The average molecular weight is 260 g/mol. The maximum absolute atomic E-state index is 8.78. The lowest BCUT2D eigenvalue weighted by Gasteiger charge is -2.06. The molecule has 0 fully saturated rings. The van der Waals surface area contributed by atoms with E-state index in [-0.39, 0.29) is 11.8 Å². The van der Waals surface area contributed by atoms with Crippen LogP contribution in [0, 0.1) is 18.3 Å². The zero-order valence-corrected chi connectivity index (χ0v) is 9.43. The summed E-state index contributed by atoms with van der Waals surface area (Å²) in [5, 5.41) is 8.78. The van der Waals surface area contributed by atoms with Gasteiger partial charge in [0.25, 0.3) is 0 Å². The van der Waals surface area contributed by atoms with Gasteiger partial charge in [-0.3, -0.25) is 4.98 Å². The molecule has 1 heterocycles. The van der Waals surface area contributed by atoms with E-state index in [1.54, 1.807) is 6.20 Å². The molecule has 1 aromatic heterocycles. The second kappa shape index (κ2) is 4.59. The Kier molecular flexibility index (Phi) is 3.71. The van der Waals surface area contributed by atoms with Crippen molar-refractivity contribution in [2.75, 3.05) is 5.88 Å². The Labute approximate surface area is 90.7 Å². The molecule has 0 spiro atoms. The molecular formula is C9H8BrClN2. The summed E-state index contributed by atoms with van der Waals surface area (Å²) in [4.78, 5) is 4.17. The van der Waals surface area contributed by atoms with Crippen molar-refractivity contribution in [2.24, 2.45) is 0 Å². The summed E-state index contributed by atoms with van der Waals surface area (Å²) < 4.78 is 0.847. The van der Waals surface area contributed by atoms with Crippen molar-refractivity contribution in [1.82, 2.24) is 4.98 Å². The first kappa shape index (κ1) is 10.5. The molecule has 1 atom stereocenters. The molecule has 0 aromatic carbocycles. The number of pyridine rings is 1. The quantitative estimate of drug-likeness (QED) is 0.766. The van der Waals surface area contributed by atoms with Gasteiger partial charge in [-0.25, -0.2) is 0 Å². The van der Waals surface area contributed by atoms with Gasteiger partial charge in [-0.2, -0.15) is 5.26 Å². The van der Waals surface area contributed by atoms with Gasteiger partial charge in [0.05, 0.1) is 11.8 Å². The zero-order chi connectivity index (χ0) is 9.84. The van der Waals surface area contributed by atoms with Crippen molar-refractivity contribution in [2.45, 2.75) is 12.8 Å². The molecule has 1 aromatic rings. The van der Waals surface area contributed by atoms with Crippen LogP contribution < -0.4 is 0 Å². The molecule has 1 unspecified atom stereocenters. The van der Waals surface area contributed by atoms with Gasteiger partial charge in [-0.05, 0) is 34.5 Å². The van der Waals surface area contributed by atoms with Crippen LogP contribution in [0.1, 0.15) is 17.2 Å². The molecule has 0 aliphatic carbocycles. The Hall–Kier alpha value is -0.590. The fourth-order valence-corrected chi connectivity index (χ4v) is 1.92. The number of nitriles is 1. The van der Waals surface area contributed by atoms with Gasteiger partial charge in [0.15, 0.2) is 0 Å². The summed E-state index contributed by atoms with van der Waals surface area (Å²) in [6, 6.07) is 4.03. The zero-order valence-electron chi connectivity index (χ0n) is 7.09. The Balaban J connectivity index is 3.09. The lowest BCUT2D eigenvalue weighted by molar-refractivity contribution is 0.914. The van der Waals surface area contributed by atoms with Gasteiger partial charge in [0.1, 0.15) is 5.92 Å². The standard InChI is InChI=1S/C9H8BrClN2/c1-6-2-8(10)9(13-5-6)7(3-11)4-12/h2,5,7H,3H2,1H3. The molecule has 2 nitrogen and oxygen atoms in total. The summed E-state index contributed by atoms with van der Waals surface area (Å²) in [6.07, 6.45) is 1.73. The first-order valence-corrected chi connectivity index (χ1v) is 5.09. The largest absolute Gasteiger partial charge is 0.258 e. The van der Waals surface area contributed by atoms with E-state index in [0.717, 1.165) is 10.0 Å². The number of hydrogen-bond acceptors (Lipinski definition) is 2. The second-order valence-electron chi connectivity index (χ2n) is 2.72. The predicted octanol–water partition coefficient (Wildman–Crippen LogP) is 3.00. The first-order valence-electron chi connectivity index (χ1n) is 3.76. The van der Waals surface area contributed by atoms with Gasteiger partial charge in [-0.1, -0.05) is 0 Å². The van der Waals surface area contributed by atoms with Crippen LogP contribution in [-0.4, -0.2) is 10.9 Å². The topological polar surface area (TPSA) is 36.7 Å². The number of aromatic nitrogens is 1. The monoisotopic (exact) mass is 258 g/mol. The van der Waals surface area contributed by atoms with E-state index in [1.165, 1.54) is 0 Å². The summed E-state index contributed by atoms with van der Waals surface area (Å²) in [5.74, 6) is -0.0674. The van der Waals surface area contributed by atoms with E-state index in [9.17, 15) is 0 Å². The third kappa shape index (κ3) is 2.43. The number of aryl methyl sites for hydroxylation is 1. The molecule has 0 saturated heterocycles. The molecule has 0 aliphatic heterocycles. The Morgan fingerprint density at radius 3 is 2.92 bits per heavy atom. The molecule has 1 rings (SSSR count). The van der Waals surface area contributed by atoms with E-state index in [1.807, 2.05) is 13.0 Å². The van der Waals surface area contributed by atoms with Crippen LogP contribution in [0.3, 0.4) is 0 Å². The number of rotatable bonds is 2. The maximum Gasteiger partial charge on any atom is 0.103 e. The Bertz CT molecular complexity index is 346. The van der Waals surface area contributed by atoms with Gasteiger partial charge in [0.2, 0.25) is 0 Å². The maximum atomic E-state index is 8.78. The van der Waals surface area contributed by atoms with E-state index < -0.39 is 0 Å². The lowest BCUT2D eigenvalue weighted by atomic mass is 10.1. The van der Waals surface area contributed by atoms with E-state index in [0.29, 0.717) is 5.69 Å². The molecule has 68 valence electrons. The SMILES string of the molecule is Cc1cnc(C(C#N)CCl)c(Br)c1. The van der Waals surface area contributed by atoms with E-state index in [4.69, 9.17) is 16.9 Å². The van der Waals surface area contributed by atoms with Crippen molar-refractivity contribution in [1.29, 1.82) is 5.26 Å². The van der Waals surface area contributed by atoms with Gasteiger partial charge >= 0.3 is 0 Å². The van der Waals surface area contributed by atoms with Gasteiger partial charge < -0.3 is 0 Å². The van der Waals surface area contributed by atoms with Crippen LogP contribution in [0.15, 0.2) is 16.7 Å². The van der Waals surface area contributed by atoms with Crippen LogP contribution >= 0.6 is 27.5 Å². The number of halogens is 2. The molecular weight excluding hydrogens is 251 g/mol. The fourth-order valence-electron chi connectivity index (χ4n) is 0.969. The van der Waals surface area contributed by atoms with Crippen LogP contribution in [0.5, 0.6) is 0 Å². The molecule has 13 heavy (non-hydrogen) atoms. The molecule has 0 saturated carbocycles. The predicted molar refractivity (Wildman–Crippen MR) is 55.7 cm³/mol. The number of nitrogens with zero attached hydrogens (tertiary/aromatic N) is 2. The highest BCUT2D eigenvalue weighted by molar-refractivity contribution is 9.10. The number of hydrogen-bond donors (Lipinski definition) is 0. The van der Waals surface area contributed by atoms with Crippen LogP contribution in [0.4, 0.5) is 0 Å².